The van der Waals surface area contributed by atoms with Crippen LogP contribution >= 0.6 is 54.1 Å². The van der Waals surface area contributed by atoms with Crippen molar-refractivity contribution in [1.82, 2.24) is 70.8 Å². The number of carboxylic acid groups (broad SMARTS) is 1. The molecule has 43 heteroatoms. The highest BCUT2D eigenvalue weighted by Crippen LogP contribution is 2.48. The summed E-state index contributed by atoms with van der Waals surface area (Å²) in [6.07, 6.45) is 6.68. The van der Waals surface area contributed by atoms with Crippen LogP contribution < -0.4 is 61.3 Å². The Bertz CT molecular complexity index is 3360. The van der Waals surface area contributed by atoms with E-state index in [0.717, 1.165) is 68.3 Å². The largest absolute Gasteiger partial charge is 0.481 e. The van der Waals surface area contributed by atoms with Crippen LogP contribution in [0.15, 0.2) is 65.2 Å². The van der Waals surface area contributed by atoms with Gasteiger partial charge in [0, 0.05) is 185 Å². The van der Waals surface area contributed by atoms with Gasteiger partial charge in [0.2, 0.25) is 41.5 Å². The molecular weight excluding hydrogens is 1520 g/mol. The lowest BCUT2D eigenvalue weighted by atomic mass is 10.1. The predicted octanol–water partition coefficient (Wildman–Crippen LogP) is 6.24. The number of aliphatic carboxylic acids is 1. The van der Waals surface area contributed by atoms with Crippen molar-refractivity contribution in [3.8, 4) is 0 Å². The van der Waals surface area contributed by atoms with Crippen molar-refractivity contribution < 1.29 is 53.8 Å². The number of H-pyrrole nitrogens is 1. The van der Waals surface area contributed by atoms with Gasteiger partial charge in [-0.05, 0) is 88.4 Å². The Morgan fingerprint density at radius 2 is 1.12 bits per heavy atom. The molecule has 6 rings (SSSR count). The van der Waals surface area contributed by atoms with Crippen LogP contribution in [-0.4, -0.2) is 290 Å². The zero-order valence-electron chi connectivity index (χ0n) is 64.5. The first-order chi connectivity index (χ1) is 49.7. The molecule has 2 amide bonds. The normalized spacial score (nSPS) is 13.2. The minimum atomic E-state index is -3.40. The lowest BCUT2D eigenvalue weighted by Crippen LogP contribution is -2.36. The molecule has 0 spiro atoms. The number of hydrogen-bond acceptors (Lipinski definition) is 29. The summed E-state index contributed by atoms with van der Waals surface area (Å²) in [5.74, 6) is 4.81. The molecule has 0 saturated carbocycles. The quantitative estimate of drug-likeness (QED) is 0.00589. The lowest BCUT2D eigenvalue weighted by molar-refractivity contribution is -0.137. The number of anilines is 7. The van der Waals surface area contributed by atoms with Gasteiger partial charge in [-0.1, -0.05) is 29.5 Å². The number of imidazole rings is 1. The first kappa shape index (κ1) is 99.1. The van der Waals surface area contributed by atoms with Crippen LogP contribution in [-0.2, 0) is 55.5 Å². The number of carbonyl (C=O) groups excluding carboxylic acids is 2. The third kappa shape index (κ3) is 45.0. The predicted molar refractivity (Wildman–Crippen MR) is 427 cm³/mol. The average Bonchev–Trinajstić information content (AvgIpc) is 1.08. The zero-order valence-corrected chi connectivity index (χ0v) is 70.1. The summed E-state index contributed by atoms with van der Waals surface area (Å²) in [4.78, 5) is 78.4. The highest BCUT2D eigenvalue weighted by atomic mass is 35.5. The maximum Gasteiger partial charge on any atom is 0.343 e. The Hall–Kier alpha value is -6.91. The molecule has 1 atom stereocenters. The first-order valence-electron chi connectivity index (χ1n) is 33.2. The fraction of sp³-hybridized carbons (Fsp3) is 0.619. The Balaban J connectivity index is 0.00000122. The van der Waals surface area contributed by atoms with Crippen molar-refractivity contribution in [2.24, 2.45) is 16.1 Å². The Kier molecular flexibility index (Phi) is 50.3. The molecule has 8 N–H and O–H groups in total. The summed E-state index contributed by atoms with van der Waals surface area (Å²) in [6.45, 7) is 8.63. The van der Waals surface area contributed by atoms with Gasteiger partial charge in [0.1, 0.15) is 0 Å². The molecule has 106 heavy (non-hydrogen) atoms. The van der Waals surface area contributed by atoms with Crippen molar-refractivity contribution in [1.29, 1.82) is 0 Å². The molecule has 0 aliphatic carbocycles. The lowest BCUT2D eigenvalue weighted by Gasteiger charge is -2.34. The van der Waals surface area contributed by atoms with E-state index in [1.54, 1.807) is 18.8 Å². The number of carboxylic acids is 1. The highest BCUT2D eigenvalue weighted by Gasteiger charge is 2.34. The monoisotopic (exact) mass is 1630 g/mol. The minimum Gasteiger partial charge on any atom is -0.481 e. The number of alkyl halides is 4. The van der Waals surface area contributed by atoms with Crippen LogP contribution in [0.1, 0.15) is 77.9 Å². The number of halogens is 4. The van der Waals surface area contributed by atoms with Gasteiger partial charge in [-0.25, -0.2) is 14.7 Å². The zero-order chi connectivity index (χ0) is 80.8. The van der Waals surface area contributed by atoms with Crippen LogP contribution in [0.5, 0.6) is 0 Å². The second kappa shape index (κ2) is 53.8. The summed E-state index contributed by atoms with van der Waals surface area (Å²) >= 11 is 22.7. The third-order valence-electron chi connectivity index (χ3n) is 12.8. The molecule has 5 aromatic rings. The van der Waals surface area contributed by atoms with Crippen molar-refractivity contribution >= 4 is 139 Å². The summed E-state index contributed by atoms with van der Waals surface area (Å²) < 4.78 is 70.0. The molecule has 1 fully saturated rings. The summed E-state index contributed by atoms with van der Waals surface area (Å²) in [6, 6.07) is 15.9. The number of amides is 2. The fourth-order valence-corrected chi connectivity index (χ4v) is 11.5. The number of carbonyl (C=O) groups is 3. The van der Waals surface area contributed by atoms with Gasteiger partial charge in [0.05, 0.1) is 38.7 Å². The maximum atomic E-state index is 12.2. The molecule has 1 aliphatic heterocycles. The van der Waals surface area contributed by atoms with E-state index in [1.807, 2.05) is 183 Å². The number of primary amides is 1. The number of benzene rings is 2. The molecule has 4 heterocycles. The number of aromatic nitrogens is 8. The molecule has 1 aliphatic rings. The fourth-order valence-electron chi connectivity index (χ4n) is 7.71. The second-order valence-corrected chi connectivity index (χ2v) is 31.2. The van der Waals surface area contributed by atoms with E-state index in [9.17, 15) is 35.8 Å². The van der Waals surface area contributed by atoms with Crippen molar-refractivity contribution in [3.63, 3.8) is 0 Å². The molecule has 3 aromatic heterocycles. The van der Waals surface area contributed by atoms with E-state index in [4.69, 9.17) is 61.8 Å². The summed E-state index contributed by atoms with van der Waals surface area (Å²) in [5, 5.41) is 23.2. The van der Waals surface area contributed by atoms with Crippen LogP contribution in [0.2, 0.25) is 0 Å². The van der Waals surface area contributed by atoms with Crippen molar-refractivity contribution in [2.75, 3.05) is 229 Å². The van der Waals surface area contributed by atoms with E-state index in [0.29, 0.717) is 104 Å². The summed E-state index contributed by atoms with van der Waals surface area (Å²) in [7, 11) is 18.5. The Morgan fingerprint density at radius 3 is 1.48 bits per heavy atom. The van der Waals surface area contributed by atoms with E-state index in [-0.39, 0.29) is 43.1 Å². The van der Waals surface area contributed by atoms with E-state index in [1.165, 1.54) is 11.3 Å². The van der Waals surface area contributed by atoms with Gasteiger partial charge in [-0.15, -0.1) is 51.5 Å². The van der Waals surface area contributed by atoms with E-state index >= 15 is 0 Å². The first-order valence-corrected chi connectivity index (χ1v) is 40.5. The molecular formula is C63H113Cl4N24O12PS2. The smallest absolute Gasteiger partial charge is 0.343 e. The van der Waals surface area contributed by atoms with Gasteiger partial charge in [-0.3, -0.25) is 43.2 Å². The topological polar surface area (TPSA) is 419 Å². The number of aromatic amines is 1. The molecule has 1 saturated heterocycles. The number of rotatable bonds is 35. The molecule has 602 valence electrons. The molecule has 0 bridgehead atoms. The van der Waals surface area contributed by atoms with Crippen LogP contribution in [0, 0.1) is 0 Å². The van der Waals surface area contributed by atoms with Crippen LogP contribution in [0.25, 0.3) is 0 Å². The summed E-state index contributed by atoms with van der Waals surface area (Å²) in [5.41, 5.74) is 15.1. The van der Waals surface area contributed by atoms with E-state index < -0.39 is 39.8 Å². The van der Waals surface area contributed by atoms with Gasteiger partial charge in [0.15, 0.2) is 5.69 Å². The number of hydrogen-bond donors (Lipinski definition) is 7. The number of nitrogens with two attached hydrogens (primary N) is 1. The number of hydrazine groups is 1. The van der Waals surface area contributed by atoms with Gasteiger partial charge >= 0.3 is 13.6 Å². The Labute approximate surface area is 647 Å². The van der Waals surface area contributed by atoms with Crippen LogP contribution in [0.4, 0.5) is 47.2 Å². The molecule has 36 nitrogen and oxygen atoms in total. The maximum absolute atomic E-state index is 12.2. The Morgan fingerprint density at radius 1 is 0.679 bits per heavy atom. The third-order valence-corrected chi connectivity index (χ3v) is 17.0. The molecule has 2 aromatic carbocycles. The van der Waals surface area contributed by atoms with Gasteiger partial charge in [0.25, 0.3) is 32.1 Å². The standard InChI is InChI=1S/C14H19Cl2NO2.C12H19N3O.2C9H18N6.C7H15Cl2N2O2P.C6H10N6O.C6H14O6S2/c15-8-10-17(11-9-16)13-6-4-12(5-7-13)2-1-3-14(18)19;1-9(2)15-12(16)11-6-4-10(5-7-11)8-14-13-3;2*1-13(2)7-10-8(14(3)4)12-9(11-7)15(5)6;8-2-4-10-14(12)11(6-3-9)5-1-7-13-14;1-12(2)11-10-6-4(5(7)13)8-3-9-6;1-13(7,8)11-5-3-4-6-12-14(2,9)10/h4-7H,1-3,8-11H2,(H,18,19);4-7,9,13-14H,8H2,1-3H3,(H,15,16);2*1-6H3;1-7H2,(H,10,12);3H,1-2H3,(H2,7,13)(H,8,9);3-6H2,1-2H3. The number of nitrogens with zero attached hydrogens (tertiary/aromatic N) is 18. The molecule has 1 unspecified atom stereocenters. The molecule has 0 radical (unpaired) electrons. The van der Waals surface area contributed by atoms with Gasteiger partial charge < -0.3 is 60.0 Å². The van der Waals surface area contributed by atoms with Crippen molar-refractivity contribution in [2.45, 2.75) is 65.0 Å². The minimum absolute atomic E-state index is 0.0249. The number of nitrogens with one attached hydrogen (secondary N) is 5. The van der Waals surface area contributed by atoms with Crippen LogP contribution in [0.3, 0.4) is 0 Å². The second-order valence-electron chi connectivity index (χ2n) is 24.3. The SMILES string of the molecule is CN(C)N=Nc1nc[nH]c1C(N)=O.CN(C)c1nc(N(C)C)nc(N(C)C)n1.CN(C)c1nc(N(C)C)nc(N(C)C)n1.CNNCc1ccc(C(=O)NC(C)C)cc1.CS(=O)(=O)OCCCCOS(C)(=O)=O.O=C(O)CCCc1ccc(N(CCCl)CCCl)cc1.O=P1(NCCCl)OCCCN1CCCl. The highest BCUT2D eigenvalue weighted by molar-refractivity contribution is 7.86. The van der Waals surface area contributed by atoms with Gasteiger partial charge in [-0.2, -0.15) is 46.7 Å². The number of unbranched alkanes of at least 4 members (excludes halogenated alkanes) is 1. The number of aryl methyl sites for hydroxylation is 1. The van der Waals surface area contributed by atoms with Crippen molar-refractivity contribution in [3.05, 3.63) is 77.2 Å². The van der Waals surface area contributed by atoms with E-state index in [2.05, 4.69) is 84.7 Å². The average molecular weight is 1640 g/mol.